The van der Waals surface area contributed by atoms with Gasteiger partial charge < -0.3 is 9.84 Å². The molecule has 0 atom stereocenters. The lowest BCUT2D eigenvalue weighted by Crippen LogP contribution is -2.13. The number of hydrogen-bond acceptors (Lipinski definition) is 4. The monoisotopic (exact) mass is 299 g/mol. The quantitative estimate of drug-likeness (QED) is 0.855. The average molecular weight is 299 g/mol. The number of nitrogens with zero attached hydrogens (tertiary/aromatic N) is 1. The molecule has 0 saturated carbocycles. The van der Waals surface area contributed by atoms with Crippen LogP contribution in [-0.2, 0) is 9.53 Å². The SMILES string of the molecule is CCOC(=O)C1=C(O)/C(=C/c2ccc(C(C)C)cc2)N=C1C. The van der Waals surface area contributed by atoms with E-state index in [4.69, 9.17) is 4.74 Å². The average Bonchev–Trinajstić information content (AvgIpc) is 2.74. The van der Waals surface area contributed by atoms with Crippen molar-refractivity contribution < 1.29 is 14.6 Å². The lowest BCUT2D eigenvalue weighted by Gasteiger charge is -2.05. The summed E-state index contributed by atoms with van der Waals surface area (Å²) in [5, 5.41) is 10.2. The van der Waals surface area contributed by atoms with E-state index >= 15 is 0 Å². The molecule has 4 heteroatoms. The van der Waals surface area contributed by atoms with Gasteiger partial charge in [-0.05, 0) is 37.0 Å². The molecule has 1 aliphatic heterocycles. The van der Waals surface area contributed by atoms with Crippen LogP contribution in [0.4, 0.5) is 0 Å². The van der Waals surface area contributed by atoms with Crippen LogP contribution in [0.15, 0.2) is 46.3 Å². The van der Waals surface area contributed by atoms with E-state index in [2.05, 4.69) is 31.0 Å². The molecule has 1 heterocycles. The number of carbonyl (C=O) groups is 1. The fraction of sp³-hybridized carbons (Fsp3) is 0.333. The highest BCUT2D eigenvalue weighted by molar-refractivity contribution is 6.22. The van der Waals surface area contributed by atoms with Crippen molar-refractivity contribution in [2.24, 2.45) is 4.99 Å². The molecule has 0 aliphatic carbocycles. The summed E-state index contributed by atoms with van der Waals surface area (Å²) in [6, 6.07) is 8.05. The Morgan fingerprint density at radius 2 is 1.95 bits per heavy atom. The third-order valence-corrected chi connectivity index (χ3v) is 3.52. The number of hydrogen-bond donors (Lipinski definition) is 1. The van der Waals surface area contributed by atoms with Crippen molar-refractivity contribution >= 4 is 17.8 Å². The number of benzene rings is 1. The minimum absolute atomic E-state index is 0.121. The smallest absolute Gasteiger partial charge is 0.343 e. The molecule has 0 fully saturated rings. The zero-order valence-corrected chi connectivity index (χ0v) is 13.4. The molecule has 1 aromatic carbocycles. The Kier molecular flexibility index (Phi) is 4.81. The molecule has 0 bridgehead atoms. The van der Waals surface area contributed by atoms with Gasteiger partial charge in [0.15, 0.2) is 5.76 Å². The molecule has 0 aromatic heterocycles. The summed E-state index contributed by atoms with van der Waals surface area (Å²) in [6.45, 7) is 7.95. The molecule has 22 heavy (non-hydrogen) atoms. The summed E-state index contributed by atoms with van der Waals surface area (Å²) in [7, 11) is 0. The van der Waals surface area contributed by atoms with E-state index in [1.807, 2.05) is 12.1 Å². The molecule has 1 aliphatic rings. The van der Waals surface area contributed by atoms with Crippen molar-refractivity contribution in [3.8, 4) is 0 Å². The van der Waals surface area contributed by atoms with Crippen molar-refractivity contribution in [3.05, 3.63) is 52.4 Å². The normalized spacial score (nSPS) is 16.4. The van der Waals surface area contributed by atoms with E-state index in [1.165, 1.54) is 5.56 Å². The van der Waals surface area contributed by atoms with Crippen LogP contribution < -0.4 is 0 Å². The maximum atomic E-state index is 11.8. The summed E-state index contributed by atoms with van der Waals surface area (Å²) in [5.41, 5.74) is 3.18. The number of rotatable bonds is 4. The van der Waals surface area contributed by atoms with E-state index in [1.54, 1.807) is 19.9 Å². The Morgan fingerprint density at radius 1 is 1.32 bits per heavy atom. The second kappa shape index (κ2) is 6.60. The van der Waals surface area contributed by atoms with E-state index < -0.39 is 5.97 Å². The zero-order valence-electron chi connectivity index (χ0n) is 13.4. The first-order valence-electron chi connectivity index (χ1n) is 7.42. The Balaban J connectivity index is 2.31. The van der Waals surface area contributed by atoms with Crippen LogP contribution in [0.2, 0.25) is 0 Å². The summed E-state index contributed by atoms with van der Waals surface area (Å²) in [6.07, 6.45) is 1.76. The molecule has 0 unspecified atom stereocenters. The third-order valence-electron chi connectivity index (χ3n) is 3.52. The highest BCUT2D eigenvalue weighted by Gasteiger charge is 2.27. The maximum Gasteiger partial charge on any atom is 0.343 e. The van der Waals surface area contributed by atoms with Crippen LogP contribution in [0.1, 0.15) is 44.7 Å². The number of aliphatic imine (C=N–C) groups is 1. The molecule has 0 amide bonds. The minimum Gasteiger partial charge on any atom is -0.505 e. The van der Waals surface area contributed by atoms with Gasteiger partial charge in [0, 0.05) is 0 Å². The largest absolute Gasteiger partial charge is 0.505 e. The summed E-state index contributed by atoms with van der Waals surface area (Å²) >= 11 is 0. The third kappa shape index (κ3) is 3.27. The van der Waals surface area contributed by atoms with Crippen molar-refractivity contribution in [1.82, 2.24) is 0 Å². The second-order valence-corrected chi connectivity index (χ2v) is 5.49. The maximum absolute atomic E-state index is 11.8. The molecule has 4 nitrogen and oxygen atoms in total. The van der Waals surface area contributed by atoms with Crippen molar-refractivity contribution in [1.29, 1.82) is 0 Å². The molecular weight excluding hydrogens is 278 g/mol. The standard InChI is InChI=1S/C18H21NO3/c1-5-22-18(21)16-12(4)19-15(17(16)20)10-13-6-8-14(9-7-13)11(2)3/h6-11,20H,5H2,1-4H3/b15-10-. The van der Waals surface area contributed by atoms with Crippen molar-refractivity contribution in [3.63, 3.8) is 0 Å². The Labute approximate surface area is 130 Å². The molecule has 116 valence electrons. The van der Waals surface area contributed by atoms with Gasteiger partial charge in [0.2, 0.25) is 0 Å². The number of esters is 1. The first-order chi connectivity index (χ1) is 10.4. The number of aliphatic hydroxyl groups is 1. The molecule has 0 spiro atoms. The second-order valence-electron chi connectivity index (χ2n) is 5.49. The minimum atomic E-state index is -0.542. The van der Waals surface area contributed by atoms with Gasteiger partial charge in [-0.25, -0.2) is 9.79 Å². The molecule has 1 N–H and O–H groups in total. The first-order valence-corrected chi connectivity index (χ1v) is 7.42. The van der Waals surface area contributed by atoms with Gasteiger partial charge in [0.25, 0.3) is 0 Å². The van der Waals surface area contributed by atoms with E-state index in [0.29, 0.717) is 17.3 Å². The number of carbonyl (C=O) groups excluding carboxylic acids is 1. The van der Waals surface area contributed by atoms with Crippen LogP contribution >= 0.6 is 0 Å². The Hall–Kier alpha value is -2.36. The van der Waals surface area contributed by atoms with Crippen LogP contribution in [0.3, 0.4) is 0 Å². The van der Waals surface area contributed by atoms with Crippen LogP contribution in [0.5, 0.6) is 0 Å². The van der Waals surface area contributed by atoms with Crippen molar-refractivity contribution in [2.75, 3.05) is 6.61 Å². The predicted octanol–water partition coefficient (Wildman–Crippen LogP) is 4.00. The Morgan fingerprint density at radius 3 is 2.50 bits per heavy atom. The summed E-state index contributed by atoms with van der Waals surface area (Å²) in [4.78, 5) is 16.1. The Bertz CT molecular complexity index is 664. The topological polar surface area (TPSA) is 58.9 Å². The summed E-state index contributed by atoms with van der Waals surface area (Å²) < 4.78 is 4.94. The lowest BCUT2D eigenvalue weighted by molar-refractivity contribution is -0.138. The van der Waals surface area contributed by atoms with Gasteiger partial charge in [-0.3, -0.25) is 0 Å². The van der Waals surface area contributed by atoms with E-state index in [0.717, 1.165) is 5.56 Å². The van der Waals surface area contributed by atoms with E-state index in [9.17, 15) is 9.90 Å². The van der Waals surface area contributed by atoms with Gasteiger partial charge in [0.1, 0.15) is 11.3 Å². The van der Waals surface area contributed by atoms with Crippen LogP contribution in [0, 0.1) is 0 Å². The van der Waals surface area contributed by atoms with Gasteiger partial charge in [-0.1, -0.05) is 38.1 Å². The number of ether oxygens (including phenoxy) is 1. The van der Waals surface area contributed by atoms with Gasteiger partial charge in [-0.15, -0.1) is 0 Å². The van der Waals surface area contributed by atoms with Gasteiger partial charge >= 0.3 is 5.97 Å². The first kappa shape index (κ1) is 16.0. The van der Waals surface area contributed by atoms with Crippen LogP contribution in [0.25, 0.3) is 6.08 Å². The molecule has 1 aromatic rings. The predicted molar refractivity (Wildman–Crippen MR) is 87.9 cm³/mol. The van der Waals surface area contributed by atoms with Crippen LogP contribution in [-0.4, -0.2) is 23.4 Å². The summed E-state index contributed by atoms with van der Waals surface area (Å²) in [5.74, 6) is -0.194. The molecule has 0 radical (unpaired) electrons. The number of aliphatic hydroxyl groups excluding tert-OH is 1. The fourth-order valence-corrected chi connectivity index (χ4v) is 2.27. The van der Waals surface area contributed by atoms with Gasteiger partial charge in [-0.2, -0.15) is 0 Å². The van der Waals surface area contributed by atoms with Crippen molar-refractivity contribution in [2.45, 2.75) is 33.6 Å². The highest BCUT2D eigenvalue weighted by Crippen LogP contribution is 2.26. The molecule has 2 rings (SSSR count). The lowest BCUT2D eigenvalue weighted by atomic mass is 10.0. The molecule has 0 saturated heterocycles. The molecular formula is C18H21NO3. The fourth-order valence-electron chi connectivity index (χ4n) is 2.27. The van der Waals surface area contributed by atoms with E-state index in [-0.39, 0.29) is 17.9 Å². The zero-order chi connectivity index (χ0) is 16.3. The van der Waals surface area contributed by atoms with Gasteiger partial charge in [0.05, 0.1) is 12.3 Å². The highest BCUT2D eigenvalue weighted by atomic mass is 16.5.